The monoisotopic (exact) mass is 410 g/mol. The fourth-order valence-electron chi connectivity index (χ4n) is 5.39. The normalized spacial score (nSPS) is 23.4. The van der Waals surface area contributed by atoms with Crippen LogP contribution in [0, 0.1) is 47.0 Å². The van der Waals surface area contributed by atoms with Crippen LogP contribution in [0.15, 0.2) is 30.3 Å². The summed E-state index contributed by atoms with van der Waals surface area (Å²) in [7, 11) is 0. The molecule has 0 amide bonds. The molecule has 0 heterocycles. The molecular weight excluding hydrogens is 381 g/mol. The zero-order valence-electron chi connectivity index (χ0n) is 17.6. The predicted octanol–water partition coefficient (Wildman–Crippen LogP) is 7.22. The smallest absolute Gasteiger partial charge is 0.194 e. The first-order valence-corrected chi connectivity index (χ1v) is 11.3. The largest absolute Gasteiger partial charge is 0.204 e. The van der Waals surface area contributed by atoms with E-state index < -0.39 is 17.5 Å². The second-order valence-corrected chi connectivity index (χ2v) is 9.06. The highest BCUT2D eigenvalue weighted by Gasteiger charge is 2.29. The van der Waals surface area contributed by atoms with Crippen LogP contribution in [0.2, 0.25) is 0 Å². The molecular formula is C27H29F3. The Bertz CT molecular complexity index is 935. The Morgan fingerprint density at radius 1 is 0.800 bits per heavy atom. The lowest BCUT2D eigenvalue weighted by molar-refractivity contribution is 0.184. The van der Waals surface area contributed by atoms with E-state index in [1.165, 1.54) is 56.1 Å². The van der Waals surface area contributed by atoms with Crippen molar-refractivity contribution >= 4 is 0 Å². The molecule has 0 N–H and O–H groups in total. The third-order valence-electron chi connectivity index (χ3n) is 7.06. The highest BCUT2D eigenvalue weighted by molar-refractivity contribution is 5.46. The lowest BCUT2D eigenvalue weighted by Crippen LogP contribution is -2.26. The van der Waals surface area contributed by atoms with Gasteiger partial charge in [-0.15, -0.1) is 0 Å². The predicted molar refractivity (Wildman–Crippen MR) is 115 cm³/mol. The van der Waals surface area contributed by atoms with Crippen LogP contribution in [0.3, 0.4) is 0 Å². The average Bonchev–Trinajstić information content (AvgIpc) is 2.76. The molecule has 0 aromatic heterocycles. The van der Waals surface area contributed by atoms with Gasteiger partial charge in [-0.1, -0.05) is 50.5 Å². The van der Waals surface area contributed by atoms with Gasteiger partial charge in [-0.3, -0.25) is 0 Å². The Balaban J connectivity index is 1.42. The number of hydrogen-bond acceptors (Lipinski definition) is 0. The number of benzene rings is 2. The molecule has 4 rings (SSSR count). The Labute approximate surface area is 177 Å². The summed E-state index contributed by atoms with van der Waals surface area (Å²) in [5.41, 5.74) is 3.74. The van der Waals surface area contributed by atoms with Crippen LogP contribution in [0.4, 0.5) is 13.2 Å². The van der Waals surface area contributed by atoms with Crippen LogP contribution in [-0.2, 0) is 12.8 Å². The summed E-state index contributed by atoms with van der Waals surface area (Å²) in [6.07, 6.45) is 11.7. The van der Waals surface area contributed by atoms with E-state index in [2.05, 4.69) is 30.9 Å². The molecule has 2 aromatic rings. The van der Waals surface area contributed by atoms with E-state index in [-0.39, 0.29) is 5.56 Å². The maximum absolute atomic E-state index is 13.4. The quantitative estimate of drug-likeness (QED) is 0.370. The van der Waals surface area contributed by atoms with Gasteiger partial charge in [0, 0.05) is 11.1 Å². The number of halogens is 3. The van der Waals surface area contributed by atoms with Crippen LogP contribution in [0.1, 0.15) is 74.1 Å². The summed E-state index contributed by atoms with van der Waals surface area (Å²) < 4.78 is 39.8. The maximum atomic E-state index is 13.4. The number of hydrogen-bond donors (Lipinski definition) is 0. The lowest BCUT2D eigenvalue weighted by atomic mass is 9.69. The summed E-state index contributed by atoms with van der Waals surface area (Å²) in [4.78, 5) is 0. The standard InChI is InChI=1S/C27H29F3/c1-2-3-18-6-9-21(10-7-18)23-13-12-22-14-19(8-11-24(22)17-23)4-5-20-15-25(28)27(30)26(29)16-20/h8,11,14-16,18,21,23H,2-3,6-7,9-10,12-13,17H2,1H3. The third kappa shape index (κ3) is 4.75. The highest BCUT2D eigenvalue weighted by atomic mass is 19.2. The van der Waals surface area contributed by atoms with E-state index >= 15 is 0 Å². The fraction of sp³-hybridized carbons (Fsp3) is 0.481. The van der Waals surface area contributed by atoms with Crippen LogP contribution in [0.25, 0.3) is 0 Å². The maximum Gasteiger partial charge on any atom is 0.194 e. The van der Waals surface area contributed by atoms with Crippen LogP contribution < -0.4 is 0 Å². The van der Waals surface area contributed by atoms with Crippen molar-refractivity contribution in [3.63, 3.8) is 0 Å². The molecule has 3 heteroatoms. The first-order valence-electron chi connectivity index (χ1n) is 11.3. The molecule has 0 radical (unpaired) electrons. The van der Waals surface area contributed by atoms with Gasteiger partial charge in [0.2, 0.25) is 0 Å². The van der Waals surface area contributed by atoms with Crippen molar-refractivity contribution in [2.75, 3.05) is 0 Å². The summed E-state index contributed by atoms with van der Waals surface area (Å²) in [6, 6.07) is 8.13. The van der Waals surface area contributed by atoms with Gasteiger partial charge < -0.3 is 0 Å². The minimum atomic E-state index is -1.46. The van der Waals surface area contributed by atoms with E-state index in [4.69, 9.17) is 0 Å². The van der Waals surface area contributed by atoms with Gasteiger partial charge >= 0.3 is 0 Å². The van der Waals surface area contributed by atoms with Crippen molar-refractivity contribution in [1.82, 2.24) is 0 Å². The number of rotatable bonds is 3. The molecule has 158 valence electrons. The Morgan fingerprint density at radius 3 is 2.20 bits per heavy atom. The number of fused-ring (bicyclic) bond motifs is 1. The molecule has 2 aliphatic carbocycles. The molecule has 2 aromatic carbocycles. The Hall–Kier alpha value is -2.21. The van der Waals surface area contributed by atoms with Crippen molar-refractivity contribution in [3.05, 3.63) is 70.0 Å². The highest BCUT2D eigenvalue weighted by Crippen LogP contribution is 2.40. The Kier molecular flexibility index (Phi) is 6.52. The lowest BCUT2D eigenvalue weighted by Gasteiger charge is -2.36. The van der Waals surface area contributed by atoms with E-state index in [1.807, 2.05) is 6.07 Å². The second kappa shape index (κ2) is 9.29. The van der Waals surface area contributed by atoms with Gasteiger partial charge in [0.05, 0.1) is 0 Å². The minimum Gasteiger partial charge on any atom is -0.204 e. The van der Waals surface area contributed by atoms with Crippen molar-refractivity contribution in [2.45, 2.75) is 64.7 Å². The van der Waals surface area contributed by atoms with Gasteiger partial charge in [-0.05, 0) is 85.3 Å². The summed E-state index contributed by atoms with van der Waals surface area (Å²) >= 11 is 0. The molecule has 0 aliphatic heterocycles. The molecule has 1 fully saturated rings. The number of aryl methyl sites for hydroxylation is 1. The molecule has 0 spiro atoms. The third-order valence-corrected chi connectivity index (χ3v) is 7.06. The molecule has 0 saturated heterocycles. The zero-order chi connectivity index (χ0) is 21.1. The summed E-state index contributed by atoms with van der Waals surface area (Å²) in [6.45, 7) is 2.29. The molecule has 0 nitrogen and oxygen atoms in total. The average molecular weight is 411 g/mol. The summed E-state index contributed by atoms with van der Waals surface area (Å²) in [5.74, 6) is 4.47. The van der Waals surface area contributed by atoms with Crippen molar-refractivity contribution in [1.29, 1.82) is 0 Å². The molecule has 1 saturated carbocycles. The van der Waals surface area contributed by atoms with E-state index in [1.54, 1.807) is 0 Å². The van der Waals surface area contributed by atoms with Crippen molar-refractivity contribution in [3.8, 4) is 11.8 Å². The van der Waals surface area contributed by atoms with E-state index in [0.717, 1.165) is 48.3 Å². The second-order valence-electron chi connectivity index (χ2n) is 9.06. The minimum absolute atomic E-state index is 0.142. The van der Waals surface area contributed by atoms with Gasteiger partial charge in [-0.25, -0.2) is 13.2 Å². The molecule has 1 unspecified atom stereocenters. The van der Waals surface area contributed by atoms with Gasteiger partial charge in [-0.2, -0.15) is 0 Å². The Morgan fingerprint density at radius 2 is 1.50 bits per heavy atom. The SMILES string of the molecule is CCCC1CCC(C2CCc3cc(C#Cc4cc(F)c(F)c(F)c4)ccc3C2)CC1. The van der Waals surface area contributed by atoms with Crippen molar-refractivity contribution in [2.24, 2.45) is 17.8 Å². The topological polar surface area (TPSA) is 0 Å². The molecule has 2 aliphatic rings. The molecule has 1 atom stereocenters. The van der Waals surface area contributed by atoms with E-state index in [9.17, 15) is 13.2 Å². The first kappa shape index (κ1) is 21.0. The zero-order valence-corrected chi connectivity index (χ0v) is 17.6. The summed E-state index contributed by atoms with van der Waals surface area (Å²) in [5, 5.41) is 0. The molecule has 30 heavy (non-hydrogen) atoms. The van der Waals surface area contributed by atoms with Gasteiger partial charge in [0.25, 0.3) is 0 Å². The first-order chi connectivity index (χ1) is 14.5. The van der Waals surface area contributed by atoms with Gasteiger partial charge in [0.1, 0.15) is 0 Å². The van der Waals surface area contributed by atoms with E-state index in [0.29, 0.717) is 0 Å². The molecule has 0 bridgehead atoms. The van der Waals surface area contributed by atoms with Crippen LogP contribution >= 0.6 is 0 Å². The van der Waals surface area contributed by atoms with Crippen molar-refractivity contribution < 1.29 is 13.2 Å². The van der Waals surface area contributed by atoms with Crippen LogP contribution in [-0.4, -0.2) is 0 Å². The fourth-order valence-corrected chi connectivity index (χ4v) is 5.39. The van der Waals surface area contributed by atoms with Crippen LogP contribution in [0.5, 0.6) is 0 Å². The van der Waals surface area contributed by atoms with Gasteiger partial charge in [0.15, 0.2) is 17.5 Å².